The zero-order valence-corrected chi connectivity index (χ0v) is 14.3. The van der Waals surface area contributed by atoms with Gasteiger partial charge in [-0.3, -0.25) is 0 Å². The molecule has 2 aliphatic rings. The minimum absolute atomic E-state index is 0.389. The van der Waals surface area contributed by atoms with E-state index in [9.17, 15) is 0 Å². The second-order valence-electron chi connectivity index (χ2n) is 5.44. The maximum absolute atomic E-state index is 5.58. The lowest BCUT2D eigenvalue weighted by atomic mass is 10.0. The molecule has 0 N–H and O–H groups in total. The molecule has 0 amide bonds. The Morgan fingerprint density at radius 1 is 1.16 bits per heavy atom. The predicted molar refractivity (Wildman–Crippen MR) is 83.2 cm³/mol. The largest absolute Gasteiger partial charge is 0.495 e. The molecule has 3 atom stereocenters. The third-order valence-corrected chi connectivity index (χ3v) is 6.48. The van der Waals surface area contributed by atoms with Crippen molar-refractivity contribution in [1.29, 1.82) is 0 Å². The average molecular weight is 390 g/mol. The van der Waals surface area contributed by atoms with Gasteiger partial charge in [0.25, 0.3) is 0 Å². The Morgan fingerprint density at radius 3 is 2.42 bits per heavy atom. The van der Waals surface area contributed by atoms with Crippen LogP contribution in [-0.4, -0.2) is 14.2 Å². The molecule has 2 aliphatic carbocycles. The molecule has 1 aromatic rings. The van der Waals surface area contributed by atoms with Gasteiger partial charge in [0.2, 0.25) is 0 Å². The molecule has 2 nitrogen and oxygen atoms in total. The highest BCUT2D eigenvalue weighted by molar-refractivity contribution is 9.10. The Morgan fingerprint density at radius 2 is 1.84 bits per heavy atom. The standard InChI is InChI=1S/C15H18Br2O2/c1-18-11-7-6-10(15(19-2)14(11)17)13(16)12-8-4-3-5-9(8)12/h6-9,12-13H,3-5H2,1-2H3. The van der Waals surface area contributed by atoms with E-state index in [1.165, 1.54) is 24.8 Å². The van der Waals surface area contributed by atoms with Crippen molar-refractivity contribution in [2.45, 2.75) is 24.1 Å². The monoisotopic (exact) mass is 388 g/mol. The maximum atomic E-state index is 5.58. The van der Waals surface area contributed by atoms with Crippen molar-refractivity contribution in [3.63, 3.8) is 0 Å². The fraction of sp³-hybridized carbons (Fsp3) is 0.600. The third kappa shape index (κ3) is 2.21. The topological polar surface area (TPSA) is 18.5 Å². The van der Waals surface area contributed by atoms with Gasteiger partial charge >= 0.3 is 0 Å². The molecular formula is C15H18Br2O2. The van der Waals surface area contributed by atoms with Crippen LogP contribution in [0.4, 0.5) is 0 Å². The van der Waals surface area contributed by atoms with Crippen LogP contribution in [0.25, 0.3) is 0 Å². The number of ether oxygens (including phenoxy) is 2. The van der Waals surface area contributed by atoms with Gasteiger partial charge in [-0.25, -0.2) is 0 Å². The van der Waals surface area contributed by atoms with E-state index in [0.29, 0.717) is 4.83 Å². The number of methoxy groups -OCH3 is 2. The number of rotatable bonds is 4. The van der Waals surface area contributed by atoms with Gasteiger partial charge in [-0.15, -0.1) is 0 Å². The molecule has 0 aromatic heterocycles. The summed E-state index contributed by atoms with van der Waals surface area (Å²) in [6.07, 6.45) is 4.21. The lowest BCUT2D eigenvalue weighted by Gasteiger charge is -2.18. The average Bonchev–Trinajstić information content (AvgIpc) is 2.90. The SMILES string of the molecule is COc1ccc(C(Br)C2C3CCCC32)c(OC)c1Br. The lowest BCUT2D eigenvalue weighted by Crippen LogP contribution is -2.02. The number of hydrogen-bond donors (Lipinski definition) is 0. The first-order valence-corrected chi connectivity index (χ1v) is 8.44. The molecule has 0 spiro atoms. The summed E-state index contributed by atoms with van der Waals surface area (Å²) >= 11 is 7.48. The second-order valence-corrected chi connectivity index (χ2v) is 7.22. The molecule has 0 saturated heterocycles. The highest BCUT2D eigenvalue weighted by Gasteiger charge is 2.55. The molecule has 1 aromatic carbocycles. The van der Waals surface area contributed by atoms with E-state index in [2.05, 4.69) is 37.9 Å². The summed E-state index contributed by atoms with van der Waals surface area (Å²) < 4.78 is 11.8. The zero-order valence-electron chi connectivity index (χ0n) is 11.2. The van der Waals surface area contributed by atoms with Gasteiger partial charge in [0.1, 0.15) is 16.0 Å². The van der Waals surface area contributed by atoms with Crippen LogP contribution in [-0.2, 0) is 0 Å². The molecule has 4 heteroatoms. The van der Waals surface area contributed by atoms with E-state index in [-0.39, 0.29) is 0 Å². The number of hydrogen-bond acceptors (Lipinski definition) is 2. The van der Waals surface area contributed by atoms with Crippen LogP contribution < -0.4 is 9.47 Å². The van der Waals surface area contributed by atoms with Gasteiger partial charge in [-0.2, -0.15) is 0 Å². The van der Waals surface area contributed by atoms with Crippen molar-refractivity contribution in [3.05, 3.63) is 22.2 Å². The molecule has 2 saturated carbocycles. The molecule has 3 unspecified atom stereocenters. The van der Waals surface area contributed by atoms with Crippen molar-refractivity contribution in [3.8, 4) is 11.5 Å². The summed E-state index contributed by atoms with van der Waals surface area (Å²) in [7, 11) is 3.40. The predicted octanol–water partition coefficient (Wildman–Crippen LogP) is 4.95. The Bertz CT molecular complexity index is 479. The van der Waals surface area contributed by atoms with Gasteiger partial charge in [-0.1, -0.05) is 28.4 Å². The summed E-state index contributed by atoms with van der Waals surface area (Å²) in [4.78, 5) is 0.389. The van der Waals surface area contributed by atoms with Crippen molar-refractivity contribution >= 4 is 31.9 Å². The maximum Gasteiger partial charge on any atom is 0.141 e. The summed E-state index contributed by atoms with van der Waals surface area (Å²) in [5, 5.41) is 0. The van der Waals surface area contributed by atoms with E-state index in [4.69, 9.17) is 9.47 Å². The van der Waals surface area contributed by atoms with E-state index in [1.54, 1.807) is 14.2 Å². The van der Waals surface area contributed by atoms with Gasteiger partial charge in [0, 0.05) is 10.4 Å². The highest BCUT2D eigenvalue weighted by atomic mass is 79.9. The van der Waals surface area contributed by atoms with Crippen LogP contribution in [0.3, 0.4) is 0 Å². The molecule has 0 heterocycles. The summed E-state index contributed by atoms with van der Waals surface area (Å²) in [5.74, 6) is 4.34. The minimum Gasteiger partial charge on any atom is -0.495 e. The Kier molecular flexibility index (Phi) is 3.82. The summed E-state index contributed by atoms with van der Waals surface area (Å²) in [5.41, 5.74) is 1.23. The molecule has 19 heavy (non-hydrogen) atoms. The van der Waals surface area contributed by atoms with E-state index in [1.807, 2.05) is 6.07 Å². The molecule has 0 aliphatic heterocycles. The van der Waals surface area contributed by atoms with Crippen LogP contribution >= 0.6 is 31.9 Å². The van der Waals surface area contributed by atoms with Crippen LogP contribution in [0.15, 0.2) is 16.6 Å². The Labute approximate surface area is 131 Å². The van der Waals surface area contributed by atoms with Gasteiger partial charge in [0.05, 0.1) is 14.2 Å². The van der Waals surface area contributed by atoms with Gasteiger partial charge < -0.3 is 9.47 Å². The van der Waals surface area contributed by atoms with Crippen LogP contribution in [0, 0.1) is 17.8 Å². The van der Waals surface area contributed by atoms with Crippen molar-refractivity contribution in [2.24, 2.45) is 17.8 Å². The lowest BCUT2D eigenvalue weighted by molar-refractivity contribution is 0.384. The Hall–Kier alpha value is -0.220. The van der Waals surface area contributed by atoms with Crippen LogP contribution in [0.5, 0.6) is 11.5 Å². The number of fused-ring (bicyclic) bond motifs is 1. The summed E-state index contributed by atoms with van der Waals surface area (Å²) in [6.45, 7) is 0. The molecule has 3 rings (SSSR count). The van der Waals surface area contributed by atoms with Gasteiger partial charge in [-0.05, 0) is 52.6 Å². The smallest absolute Gasteiger partial charge is 0.141 e. The van der Waals surface area contributed by atoms with Crippen molar-refractivity contribution in [2.75, 3.05) is 14.2 Å². The number of alkyl halides is 1. The molecular weight excluding hydrogens is 372 g/mol. The highest BCUT2D eigenvalue weighted by Crippen LogP contribution is 2.65. The molecule has 0 bridgehead atoms. The normalized spacial score (nSPS) is 29.8. The van der Waals surface area contributed by atoms with Crippen LogP contribution in [0.1, 0.15) is 29.7 Å². The number of benzene rings is 1. The fourth-order valence-corrected chi connectivity index (χ4v) is 5.48. The van der Waals surface area contributed by atoms with Crippen LogP contribution in [0.2, 0.25) is 0 Å². The molecule has 0 radical (unpaired) electrons. The Balaban J connectivity index is 1.90. The van der Waals surface area contributed by atoms with Gasteiger partial charge in [0.15, 0.2) is 0 Å². The molecule has 2 fully saturated rings. The third-order valence-electron chi connectivity index (χ3n) is 4.62. The first-order valence-electron chi connectivity index (χ1n) is 6.73. The van der Waals surface area contributed by atoms with Crippen molar-refractivity contribution in [1.82, 2.24) is 0 Å². The zero-order chi connectivity index (χ0) is 13.6. The van der Waals surface area contributed by atoms with E-state index < -0.39 is 0 Å². The van der Waals surface area contributed by atoms with E-state index in [0.717, 1.165) is 33.7 Å². The first kappa shape index (κ1) is 13.7. The number of halogens is 2. The molecule has 104 valence electrons. The first-order chi connectivity index (χ1) is 9.19. The summed E-state index contributed by atoms with van der Waals surface area (Å²) in [6, 6.07) is 4.13. The quantitative estimate of drug-likeness (QED) is 0.678. The second kappa shape index (κ2) is 5.28. The van der Waals surface area contributed by atoms with Crippen molar-refractivity contribution < 1.29 is 9.47 Å². The van der Waals surface area contributed by atoms with E-state index >= 15 is 0 Å². The minimum atomic E-state index is 0.389. The fourth-order valence-electron chi connectivity index (χ4n) is 3.65.